The predicted octanol–water partition coefficient (Wildman–Crippen LogP) is 4.82. The van der Waals surface area contributed by atoms with Crippen molar-refractivity contribution in [2.75, 3.05) is 5.32 Å². The molecule has 0 aromatic heterocycles. The van der Waals surface area contributed by atoms with E-state index in [1.54, 1.807) is 42.5 Å². The zero-order valence-electron chi connectivity index (χ0n) is 16.8. The average molecular weight is 412 g/mol. The van der Waals surface area contributed by atoms with Crippen LogP contribution in [0.2, 0.25) is 0 Å². The summed E-state index contributed by atoms with van der Waals surface area (Å²) in [7, 11) is 0. The normalized spacial score (nSPS) is 10.8. The molecule has 0 aliphatic heterocycles. The van der Waals surface area contributed by atoms with E-state index < -0.39 is 11.9 Å². The molecule has 6 nitrogen and oxygen atoms in total. The van der Waals surface area contributed by atoms with E-state index in [0.717, 1.165) is 11.1 Å². The number of carboxylic acid groups (broad SMARTS) is 1. The van der Waals surface area contributed by atoms with E-state index in [0.29, 0.717) is 17.0 Å². The van der Waals surface area contributed by atoms with E-state index in [4.69, 9.17) is 9.84 Å². The number of carboxylic acids is 1. The van der Waals surface area contributed by atoms with Gasteiger partial charge in [0.15, 0.2) is 0 Å². The van der Waals surface area contributed by atoms with Gasteiger partial charge in [0.25, 0.3) is 5.91 Å². The molecule has 0 aliphatic rings. The number of anilines is 1. The first kappa shape index (κ1) is 21.3. The van der Waals surface area contributed by atoms with Gasteiger partial charge in [0.05, 0.1) is 5.56 Å². The van der Waals surface area contributed by atoms with Crippen LogP contribution in [-0.2, 0) is 11.4 Å². The molecule has 154 valence electrons. The fourth-order valence-corrected chi connectivity index (χ4v) is 2.84. The second-order valence-electron chi connectivity index (χ2n) is 6.86. The number of hydrogen-bond acceptors (Lipinski definition) is 4. The minimum Gasteiger partial charge on any atom is -0.489 e. The van der Waals surface area contributed by atoms with Gasteiger partial charge >= 0.3 is 5.97 Å². The van der Waals surface area contributed by atoms with E-state index in [1.807, 2.05) is 31.2 Å². The largest absolute Gasteiger partial charge is 0.489 e. The average Bonchev–Trinajstić information content (AvgIpc) is 2.76. The Hall–Kier alpha value is -4.37. The highest BCUT2D eigenvalue weighted by Crippen LogP contribution is 2.19. The first-order valence-corrected chi connectivity index (χ1v) is 9.49. The maximum absolute atomic E-state index is 12.5. The molecule has 0 unspecified atom stereocenters. The summed E-state index contributed by atoms with van der Waals surface area (Å²) in [6.07, 6.45) is 1.50. The molecule has 3 rings (SSSR count). The minimum atomic E-state index is -0.980. The highest BCUT2D eigenvalue weighted by molar-refractivity contribution is 6.09. The molecule has 0 atom stereocenters. The number of benzene rings is 3. The number of aryl methyl sites for hydroxylation is 1. The number of aromatic carboxylic acids is 1. The summed E-state index contributed by atoms with van der Waals surface area (Å²) in [5.74, 6) is -0.905. The summed E-state index contributed by atoms with van der Waals surface area (Å²) < 4.78 is 5.76. The van der Waals surface area contributed by atoms with Crippen molar-refractivity contribution in [2.45, 2.75) is 13.5 Å². The van der Waals surface area contributed by atoms with Crippen LogP contribution in [-0.4, -0.2) is 17.0 Å². The Morgan fingerprint density at radius 1 is 1.06 bits per heavy atom. The van der Waals surface area contributed by atoms with Gasteiger partial charge in [-0.3, -0.25) is 4.79 Å². The fourth-order valence-electron chi connectivity index (χ4n) is 2.84. The molecule has 0 heterocycles. The van der Waals surface area contributed by atoms with Crippen LogP contribution in [0, 0.1) is 18.3 Å². The van der Waals surface area contributed by atoms with Gasteiger partial charge in [-0.25, -0.2) is 4.79 Å². The first-order valence-electron chi connectivity index (χ1n) is 9.49. The Balaban J connectivity index is 1.68. The maximum atomic E-state index is 12.5. The van der Waals surface area contributed by atoms with Gasteiger partial charge in [0.2, 0.25) is 0 Å². The van der Waals surface area contributed by atoms with Crippen molar-refractivity contribution >= 4 is 23.6 Å². The first-order chi connectivity index (χ1) is 14.9. The molecule has 0 bridgehead atoms. The number of carbonyl (C=O) groups excluding carboxylic acids is 1. The zero-order valence-corrected chi connectivity index (χ0v) is 16.8. The smallest absolute Gasteiger partial charge is 0.335 e. The van der Waals surface area contributed by atoms with Gasteiger partial charge < -0.3 is 15.2 Å². The molecule has 3 aromatic carbocycles. The lowest BCUT2D eigenvalue weighted by atomic mass is 10.1. The molecule has 0 saturated carbocycles. The van der Waals surface area contributed by atoms with Crippen LogP contribution >= 0.6 is 0 Å². The molecular weight excluding hydrogens is 392 g/mol. The Kier molecular flexibility index (Phi) is 6.82. The van der Waals surface area contributed by atoms with Crippen LogP contribution in [0.15, 0.2) is 78.4 Å². The second kappa shape index (κ2) is 9.90. The van der Waals surface area contributed by atoms with Crippen LogP contribution in [0.1, 0.15) is 27.0 Å². The molecule has 0 fully saturated rings. The number of amides is 1. The van der Waals surface area contributed by atoms with Gasteiger partial charge in [-0.1, -0.05) is 36.4 Å². The third-order valence-corrected chi connectivity index (χ3v) is 4.42. The number of carbonyl (C=O) groups is 2. The Morgan fingerprint density at radius 3 is 2.48 bits per heavy atom. The number of nitriles is 1. The topological polar surface area (TPSA) is 99.4 Å². The summed E-state index contributed by atoms with van der Waals surface area (Å²) >= 11 is 0. The highest BCUT2D eigenvalue weighted by Gasteiger charge is 2.10. The van der Waals surface area contributed by atoms with Crippen molar-refractivity contribution in [3.05, 3.63) is 101 Å². The molecule has 0 spiro atoms. The second-order valence-corrected chi connectivity index (χ2v) is 6.86. The maximum Gasteiger partial charge on any atom is 0.335 e. The van der Waals surface area contributed by atoms with Crippen molar-refractivity contribution in [2.24, 2.45) is 0 Å². The number of ether oxygens (including phenoxy) is 1. The number of nitrogens with one attached hydrogen (secondary N) is 1. The van der Waals surface area contributed by atoms with Gasteiger partial charge in [-0.2, -0.15) is 5.26 Å². The molecule has 1 amide bonds. The van der Waals surface area contributed by atoms with E-state index in [9.17, 15) is 14.9 Å². The van der Waals surface area contributed by atoms with Crippen molar-refractivity contribution in [3.8, 4) is 11.8 Å². The fraction of sp³-hybridized carbons (Fsp3) is 0.0800. The van der Waals surface area contributed by atoms with Gasteiger partial charge in [0.1, 0.15) is 24.0 Å². The van der Waals surface area contributed by atoms with Gasteiger partial charge in [0, 0.05) is 5.69 Å². The number of hydrogen-bond donors (Lipinski definition) is 2. The minimum absolute atomic E-state index is 0.0251. The van der Waals surface area contributed by atoms with E-state index >= 15 is 0 Å². The van der Waals surface area contributed by atoms with E-state index in [2.05, 4.69) is 5.32 Å². The highest BCUT2D eigenvalue weighted by atomic mass is 16.5. The van der Waals surface area contributed by atoms with Crippen LogP contribution < -0.4 is 10.1 Å². The lowest BCUT2D eigenvalue weighted by molar-refractivity contribution is -0.112. The lowest BCUT2D eigenvalue weighted by Crippen LogP contribution is -2.13. The van der Waals surface area contributed by atoms with Gasteiger partial charge in [-0.05, 0) is 66.1 Å². The Labute approximate surface area is 180 Å². The summed E-state index contributed by atoms with van der Waals surface area (Å²) in [5.41, 5.74) is 3.28. The van der Waals surface area contributed by atoms with Gasteiger partial charge in [-0.15, -0.1) is 0 Å². The molecule has 0 saturated heterocycles. The van der Waals surface area contributed by atoms with Crippen LogP contribution in [0.4, 0.5) is 5.69 Å². The summed E-state index contributed by atoms with van der Waals surface area (Å²) in [6.45, 7) is 2.18. The molecule has 6 heteroatoms. The molecule has 31 heavy (non-hydrogen) atoms. The van der Waals surface area contributed by atoms with E-state index in [1.165, 1.54) is 18.2 Å². The summed E-state index contributed by atoms with van der Waals surface area (Å²) in [6, 6.07) is 22.7. The summed E-state index contributed by atoms with van der Waals surface area (Å²) in [4.78, 5) is 23.4. The molecule has 0 radical (unpaired) electrons. The number of nitrogens with zero attached hydrogens (tertiary/aromatic N) is 1. The van der Waals surface area contributed by atoms with Crippen molar-refractivity contribution in [1.82, 2.24) is 0 Å². The van der Waals surface area contributed by atoms with E-state index in [-0.39, 0.29) is 17.7 Å². The predicted molar refractivity (Wildman–Crippen MR) is 118 cm³/mol. The third-order valence-electron chi connectivity index (χ3n) is 4.42. The monoisotopic (exact) mass is 412 g/mol. The lowest BCUT2D eigenvalue weighted by Gasteiger charge is -2.08. The van der Waals surface area contributed by atoms with Crippen LogP contribution in [0.3, 0.4) is 0 Å². The Morgan fingerprint density at radius 2 is 1.81 bits per heavy atom. The quantitative estimate of drug-likeness (QED) is 0.428. The molecule has 0 aliphatic carbocycles. The summed E-state index contributed by atoms with van der Waals surface area (Å²) in [5, 5.41) is 21.1. The molecular formula is C25H20N2O4. The molecule has 3 aromatic rings. The SMILES string of the molecule is Cc1cccc(NC(=O)/C(C#N)=C\c2cccc(OCc3ccc(C(=O)O)cc3)c2)c1. The third kappa shape index (κ3) is 6.05. The van der Waals surface area contributed by atoms with Crippen molar-refractivity contribution in [1.29, 1.82) is 5.26 Å². The standard InChI is InChI=1S/C25H20N2O4/c1-17-4-2-6-22(12-17)27-24(28)21(15-26)13-19-5-3-7-23(14-19)31-16-18-8-10-20(11-9-18)25(29)30/h2-14H,16H2,1H3,(H,27,28)(H,29,30)/b21-13-. The van der Waals surface area contributed by atoms with Crippen LogP contribution in [0.25, 0.3) is 6.08 Å². The number of rotatable bonds is 7. The van der Waals surface area contributed by atoms with Crippen LogP contribution in [0.5, 0.6) is 5.75 Å². The Bertz CT molecular complexity index is 1170. The zero-order chi connectivity index (χ0) is 22.2. The molecule has 2 N–H and O–H groups in total. The van der Waals surface area contributed by atoms with Crippen molar-refractivity contribution in [3.63, 3.8) is 0 Å². The van der Waals surface area contributed by atoms with Crippen molar-refractivity contribution < 1.29 is 19.4 Å².